The number of hydrogen-bond acceptors (Lipinski definition) is 3. The van der Waals surface area contributed by atoms with E-state index in [0.717, 1.165) is 0 Å². The summed E-state index contributed by atoms with van der Waals surface area (Å²) in [6.07, 6.45) is 1.55. The van der Waals surface area contributed by atoms with Crippen LogP contribution in [0, 0.1) is 0 Å². The minimum absolute atomic E-state index is 0. The summed E-state index contributed by atoms with van der Waals surface area (Å²) < 4.78 is 0. The fraction of sp³-hybridized carbons (Fsp3) is 0.375. The number of piperazine rings is 1. The Bertz CT molecular complexity index is 278. The van der Waals surface area contributed by atoms with Gasteiger partial charge in [-0.3, -0.25) is 4.79 Å². The number of carbonyl (C=O) groups is 3. The van der Waals surface area contributed by atoms with Crippen LogP contribution in [0.15, 0.2) is 12.7 Å². The molecule has 1 rings (SSSR count). The van der Waals surface area contributed by atoms with Crippen molar-refractivity contribution in [2.75, 3.05) is 13.1 Å². The van der Waals surface area contributed by atoms with Gasteiger partial charge in [-0.15, -0.1) is 6.58 Å². The fourth-order valence-electron chi connectivity index (χ4n) is 1.15. The summed E-state index contributed by atoms with van der Waals surface area (Å²) in [5.74, 6) is -1.67. The lowest BCUT2D eigenvalue weighted by Gasteiger charge is -2.18. The molecule has 1 unspecified atom stereocenters. The van der Waals surface area contributed by atoms with Gasteiger partial charge in [0.1, 0.15) is 6.54 Å². The minimum Gasteiger partial charge on any atom is -1.00 e. The number of imide groups is 1. The van der Waals surface area contributed by atoms with Gasteiger partial charge >= 0.3 is 17.7 Å². The largest absolute Gasteiger partial charge is 1.00 e. The van der Waals surface area contributed by atoms with Gasteiger partial charge in [-0.2, -0.15) is 4.90 Å². The van der Waals surface area contributed by atoms with Crippen LogP contribution in [0.1, 0.15) is 6.42 Å². The minimum atomic E-state index is -0.696. The van der Waals surface area contributed by atoms with E-state index in [1.807, 2.05) is 0 Å². The number of nitrogens with one attached hydrogen (secondary N) is 2. The monoisotopic (exact) mass is 218 g/mol. The van der Waals surface area contributed by atoms with Crippen LogP contribution in [0.2, 0.25) is 0 Å². The van der Waals surface area contributed by atoms with Gasteiger partial charge in [-0.25, -0.2) is 9.59 Å². The molecule has 1 aliphatic rings. The fourth-order valence-corrected chi connectivity index (χ4v) is 1.15. The zero-order valence-electron chi connectivity index (χ0n) is 7.51. The second kappa shape index (κ2) is 5.51. The summed E-state index contributed by atoms with van der Waals surface area (Å²) in [5.41, 5.74) is 0. The summed E-state index contributed by atoms with van der Waals surface area (Å²) in [5, 5.41) is 2.37. The molecule has 1 atom stereocenters. The zero-order chi connectivity index (χ0) is 9.84. The highest BCUT2D eigenvalue weighted by molar-refractivity contribution is 6.32. The van der Waals surface area contributed by atoms with Gasteiger partial charge in [0.15, 0.2) is 0 Å². The topological polar surface area (TPSA) is 67.7 Å². The first kappa shape index (κ1) is 12.8. The van der Waals surface area contributed by atoms with E-state index in [9.17, 15) is 14.4 Å². The molecule has 6 heteroatoms. The number of rotatable bonds is 2. The quantitative estimate of drug-likeness (QED) is 0.359. The number of carbonyl (C=O) groups excluding carboxylic acids is 3. The van der Waals surface area contributed by atoms with E-state index in [4.69, 9.17) is 0 Å². The van der Waals surface area contributed by atoms with Crippen molar-refractivity contribution in [3.05, 3.63) is 12.7 Å². The Kier molecular flexibility index (Phi) is 5.04. The maximum atomic E-state index is 11.2. The van der Waals surface area contributed by atoms with Crippen LogP contribution >= 0.6 is 0 Å². The summed E-state index contributed by atoms with van der Waals surface area (Å²) in [4.78, 5) is 33.3. The van der Waals surface area contributed by atoms with Gasteiger partial charge in [0, 0.05) is 0 Å². The normalized spacial score (nSPS) is 20.7. The maximum Gasteiger partial charge on any atom is 0.409 e. The van der Waals surface area contributed by atoms with Gasteiger partial charge < -0.3 is 17.7 Å². The molecule has 0 saturated carbocycles. The molecule has 0 aromatic rings. The highest BCUT2D eigenvalue weighted by Gasteiger charge is 2.36. The van der Waals surface area contributed by atoms with Crippen LogP contribution < -0.4 is 22.6 Å². The third-order valence-electron chi connectivity index (χ3n) is 1.81. The molecule has 5 nitrogen and oxygen atoms in total. The van der Waals surface area contributed by atoms with Gasteiger partial charge in [0.2, 0.25) is 0 Å². The first-order valence-electron chi connectivity index (χ1n) is 3.99. The Morgan fingerprint density at radius 2 is 2.21 bits per heavy atom. The first-order chi connectivity index (χ1) is 6.16. The van der Waals surface area contributed by atoms with Crippen LogP contribution in [-0.2, 0) is 14.4 Å². The second-order valence-corrected chi connectivity index (χ2v) is 2.73. The molecule has 1 saturated heterocycles. The van der Waals surface area contributed by atoms with Crippen molar-refractivity contribution in [2.45, 2.75) is 6.42 Å². The van der Waals surface area contributed by atoms with E-state index in [1.165, 1.54) is 6.08 Å². The predicted molar refractivity (Wildman–Crippen MR) is 43.7 cm³/mol. The third kappa shape index (κ3) is 2.65. The average molecular weight is 219 g/mol. The molecule has 0 radical (unpaired) electrons. The van der Waals surface area contributed by atoms with Crippen LogP contribution in [0.4, 0.5) is 0 Å². The number of halogens is 1. The molecule has 0 bridgehead atoms. The van der Waals surface area contributed by atoms with E-state index in [2.05, 4.69) is 11.9 Å². The van der Waals surface area contributed by atoms with E-state index in [0.29, 0.717) is 13.1 Å². The molecular weight excluding hydrogens is 208 g/mol. The van der Waals surface area contributed by atoms with Crippen molar-refractivity contribution >= 4 is 17.7 Å². The summed E-state index contributed by atoms with van der Waals surface area (Å²) in [7, 11) is 0. The Morgan fingerprint density at radius 3 is 2.79 bits per heavy atom. The lowest BCUT2D eigenvalue weighted by Crippen LogP contribution is -3.20. The Morgan fingerprint density at radius 1 is 1.57 bits per heavy atom. The molecule has 78 valence electrons. The molecule has 1 aliphatic heterocycles. The molecule has 0 aromatic carbocycles. The van der Waals surface area contributed by atoms with E-state index < -0.39 is 11.8 Å². The van der Waals surface area contributed by atoms with E-state index >= 15 is 0 Å². The van der Waals surface area contributed by atoms with Crippen LogP contribution in [0.25, 0.3) is 0 Å². The highest BCUT2D eigenvalue weighted by atomic mass is 35.5. The summed E-state index contributed by atoms with van der Waals surface area (Å²) >= 11 is 0. The van der Waals surface area contributed by atoms with Gasteiger partial charge in [-0.05, 0) is 0 Å². The molecule has 1 heterocycles. The Labute approximate surface area is 87.5 Å². The lowest BCUT2D eigenvalue weighted by molar-refractivity contribution is -0.735. The third-order valence-corrected chi connectivity index (χ3v) is 1.81. The highest BCUT2D eigenvalue weighted by Crippen LogP contribution is 1.78. The molecule has 0 spiro atoms. The molecule has 0 aromatic heterocycles. The van der Waals surface area contributed by atoms with E-state index in [1.54, 1.807) is 0 Å². The molecule has 2 N–H and O–H groups in total. The molecule has 14 heavy (non-hydrogen) atoms. The van der Waals surface area contributed by atoms with Gasteiger partial charge in [0.25, 0.3) is 0 Å². The van der Waals surface area contributed by atoms with Crippen molar-refractivity contribution in [1.29, 1.82) is 0 Å². The predicted octanol–water partition coefficient (Wildman–Crippen LogP) is -5.37. The van der Waals surface area contributed by atoms with Crippen molar-refractivity contribution in [3.63, 3.8) is 0 Å². The summed E-state index contributed by atoms with van der Waals surface area (Å²) in [6.45, 7) is 4.09. The standard InChI is InChI=1S/C8H10N2O3.ClH/c1-2-3-6(11)10-5-4-9-7(12)8(10)13;/h2H,1,3-5H2,(H,9,12);1H. The van der Waals surface area contributed by atoms with Crippen LogP contribution in [0.3, 0.4) is 0 Å². The van der Waals surface area contributed by atoms with Crippen molar-refractivity contribution in [3.8, 4) is 0 Å². The molecular formula is C8H11ClN2O3. The average Bonchev–Trinajstić information content (AvgIpc) is 2.10. The van der Waals surface area contributed by atoms with Crippen molar-refractivity contribution < 1.29 is 31.7 Å². The molecule has 3 amide bonds. The van der Waals surface area contributed by atoms with Crippen LogP contribution in [-0.4, -0.2) is 30.8 Å². The van der Waals surface area contributed by atoms with Crippen molar-refractivity contribution in [2.24, 2.45) is 0 Å². The zero-order valence-corrected chi connectivity index (χ0v) is 8.26. The number of amides is 3. The second-order valence-electron chi connectivity index (χ2n) is 2.73. The van der Waals surface area contributed by atoms with Crippen LogP contribution in [0.5, 0.6) is 0 Å². The first-order valence-corrected chi connectivity index (χ1v) is 3.99. The maximum absolute atomic E-state index is 11.2. The Balaban J connectivity index is 0.00000169. The van der Waals surface area contributed by atoms with E-state index in [-0.39, 0.29) is 29.6 Å². The molecule has 1 fully saturated rings. The van der Waals surface area contributed by atoms with Gasteiger partial charge in [0.05, 0.1) is 13.0 Å². The SMILES string of the molecule is C=CCC(=O)[NH+]1CCNC(=O)C1=O.[Cl-]. The smallest absolute Gasteiger partial charge is 0.409 e. The lowest BCUT2D eigenvalue weighted by atomic mass is 10.3. The van der Waals surface area contributed by atoms with Gasteiger partial charge in [-0.1, -0.05) is 6.08 Å². The molecule has 0 aliphatic carbocycles. The Hall–Kier alpha value is -1.20. The number of quaternary nitrogens is 1. The number of hydrogen-bond donors (Lipinski definition) is 2. The summed E-state index contributed by atoms with van der Waals surface area (Å²) in [6, 6.07) is 0. The van der Waals surface area contributed by atoms with Crippen molar-refractivity contribution in [1.82, 2.24) is 5.32 Å².